The number of benzene rings is 1. The molecule has 0 bridgehead atoms. The fourth-order valence-electron chi connectivity index (χ4n) is 1.84. The Morgan fingerprint density at radius 2 is 2.06 bits per heavy atom. The molecule has 1 aromatic carbocycles. The maximum atomic E-state index is 11.8. The molecule has 2 rings (SSSR count). The van der Waals surface area contributed by atoms with E-state index in [0.717, 1.165) is 16.5 Å². The Hall–Kier alpha value is -1.46. The molecular weight excluding hydrogens is 248 g/mol. The second-order valence-corrected chi connectivity index (χ2v) is 6.45. The maximum absolute atomic E-state index is 11.8. The first kappa shape index (κ1) is 13.0. The maximum Gasteiger partial charge on any atom is 0.154 e. The SMILES string of the molecule is NCCCS(=O)(=O)Cc1ccc2ncccc2c1. The van der Waals surface area contributed by atoms with Gasteiger partial charge in [-0.1, -0.05) is 12.1 Å². The first-order valence-electron chi connectivity index (χ1n) is 5.85. The smallest absolute Gasteiger partial charge is 0.154 e. The first-order chi connectivity index (χ1) is 8.61. The minimum atomic E-state index is -3.07. The number of aromatic nitrogens is 1. The minimum absolute atomic E-state index is 0.0673. The van der Waals surface area contributed by atoms with Crippen molar-refractivity contribution in [2.45, 2.75) is 12.2 Å². The first-order valence-corrected chi connectivity index (χ1v) is 7.67. The number of hydrogen-bond acceptors (Lipinski definition) is 4. The average Bonchev–Trinajstić information content (AvgIpc) is 2.36. The normalized spacial score (nSPS) is 11.8. The Bertz CT molecular complexity index is 638. The molecule has 0 aliphatic rings. The summed E-state index contributed by atoms with van der Waals surface area (Å²) in [4.78, 5) is 4.20. The molecule has 0 aliphatic heterocycles. The van der Waals surface area contributed by atoms with E-state index in [2.05, 4.69) is 4.98 Å². The lowest BCUT2D eigenvalue weighted by atomic mass is 10.1. The average molecular weight is 264 g/mol. The van der Waals surface area contributed by atoms with Crippen LogP contribution in [0.4, 0.5) is 0 Å². The van der Waals surface area contributed by atoms with Crippen molar-refractivity contribution in [3.8, 4) is 0 Å². The summed E-state index contributed by atoms with van der Waals surface area (Å²) in [6.07, 6.45) is 2.23. The number of nitrogens with zero attached hydrogens (tertiary/aromatic N) is 1. The van der Waals surface area contributed by atoms with Crippen LogP contribution < -0.4 is 5.73 Å². The van der Waals surface area contributed by atoms with Crippen molar-refractivity contribution >= 4 is 20.7 Å². The lowest BCUT2D eigenvalue weighted by Crippen LogP contribution is -2.13. The van der Waals surface area contributed by atoms with Crippen LogP contribution in [0.15, 0.2) is 36.5 Å². The van der Waals surface area contributed by atoms with Gasteiger partial charge in [0.25, 0.3) is 0 Å². The summed E-state index contributed by atoms with van der Waals surface area (Å²) in [5.74, 6) is 0.215. The summed E-state index contributed by atoms with van der Waals surface area (Å²) < 4.78 is 23.6. The molecule has 0 amide bonds. The fourth-order valence-corrected chi connectivity index (χ4v) is 3.28. The predicted molar refractivity (Wildman–Crippen MR) is 72.9 cm³/mol. The van der Waals surface area contributed by atoms with Crippen LogP contribution in [-0.4, -0.2) is 25.7 Å². The second kappa shape index (κ2) is 5.46. The molecule has 0 atom stereocenters. The van der Waals surface area contributed by atoms with Crippen LogP contribution in [0.25, 0.3) is 10.9 Å². The number of rotatable bonds is 5. The van der Waals surface area contributed by atoms with Crippen molar-refractivity contribution in [1.82, 2.24) is 4.98 Å². The van der Waals surface area contributed by atoms with Gasteiger partial charge >= 0.3 is 0 Å². The van der Waals surface area contributed by atoms with E-state index in [-0.39, 0.29) is 11.5 Å². The van der Waals surface area contributed by atoms with Gasteiger partial charge in [0.2, 0.25) is 0 Å². The highest BCUT2D eigenvalue weighted by atomic mass is 32.2. The van der Waals surface area contributed by atoms with E-state index in [1.165, 1.54) is 0 Å². The molecule has 0 saturated carbocycles. The van der Waals surface area contributed by atoms with Gasteiger partial charge < -0.3 is 5.73 Å². The molecule has 0 fully saturated rings. The summed E-state index contributed by atoms with van der Waals surface area (Å²) in [6, 6.07) is 9.31. The van der Waals surface area contributed by atoms with Crippen LogP contribution in [0.3, 0.4) is 0 Å². The van der Waals surface area contributed by atoms with Gasteiger partial charge in [-0.2, -0.15) is 0 Å². The zero-order valence-electron chi connectivity index (χ0n) is 10.0. The van der Waals surface area contributed by atoms with Gasteiger partial charge in [0, 0.05) is 11.6 Å². The topological polar surface area (TPSA) is 73.1 Å². The van der Waals surface area contributed by atoms with Crippen LogP contribution >= 0.6 is 0 Å². The second-order valence-electron chi connectivity index (χ2n) is 4.26. The van der Waals surface area contributed by atoms with E-state index < -0.39 is 9.84 Å². The number of nitrogens with two attached hydrogens (primary N) is 1. The molecule has 0 saturated heterocycles. The van der Waals surface area contributed by atoms with Crippen molar-refractivity contribution in [3.63, 3.8) is 0 Å². The molecule has 1 heterocycles. The van der Waals surface area contributed by atoms with Gasteiger partial charge in [-0.25, -0.2) is 8.42 Å². The van der Waals surface area contributed by atoms with Gasteiger partial charge in [-0.05, 0) is 36.7 Å². The molecule has 2 aromatic rings. The highest BCUT2D eigenvalue weighted by molar-refractivity contribution is 7.90. The molecule has 0 aliphatic carbocycles. The van der Waals surface area contributed by atoms with Gasteiger partial charge in [0.15, 0.2) is 9.84 Å². The Morgan fingerprint density at radius 3 is 2.83 bits per heavy atom. The van der Waals surface area contributed by atoms with E-state index in [4.69, 9.17) is 5.73 Å². The van der Waals surface area contributed by atoms with Crippen LogP contribution in [0.1, 0.15) is 12.0 Å². The molecule has 18 heavy (non-hydrogen) atoms. The van der Waals surface area contributed by atoms with Crippen molar-refractivity contribution in [1.29, 1.82) is 0 Å². The van der Waals surface area contributed by atoms with Crippen LogP contribution in [-0.2, 0) is 15.6 Å². The van der Waals surface area contributed by atoms with Gasteiger partial charge in [0.1, 0.15) is 0 Å². The monoisotopic (exact) mass is 264 g/mol. The molecule has 1 aromatic heterocycles. The Labute approximate surface area is 107 Å². The van der Waals surface area contributed by atoms with Gasteiger partial charge in [-0.15, -0.1) is 0 Å². The third-order valence-corrected chi connectivity index (χ3v) is 4.40. The zero-order chi connectivity index (χ0) is 13.0. The third-order valence-electron chi connectivity index (χ3n) is 2.71. The molecule has 2 N–H and O–H groups in total. The number of pyridine rings is 1. The number of hydrogen-bond donors (Lipinski definition) is 1. The van der Waals surface area contributed by atoms with Crippen LogP contribution in [0.2, 0.25) is 0 Å². The van der Waals surface area contributed by atoms with E-state index in [9.17, 15) is 8.42 Å². The highest BCUT2D eigenvalue weighted by Crippen LogP contribution is 2.15. The molecule has 0 spiro atoms. The predicted octanol–water partition coefficient (Wildman–Crippen LogP) is 1.50. The lowest BCUT2D eigenvalue weighted by molar-refractivity contribution is 0.593. The zero-order valence-corrected chi connectivity index (χ0v) is 10.9. The Balaban J connectivity index is 2.22. The molecule has 5 heteroatoms. The molecule has 0 radical (unpaired) electrons. The quantitative estimate of drug-likeness (QED) is 0.888. The van der Waals surface area contributed by atoms with Crippen LogP contribution in [0, 0.1) is 0 Å². The molecule has 4 nitrogen and oxygen atoms in total. The van der Waals surface area contributed by atoms with Crippen molar-refractivity contribution in [3.05, 3.63) is 42.1 Å². The van der Waals surface area contributed by atoms with E-state index in [0.29, 0.717) is 13.0 Å². The van der Waals surface area contributed by atoms with Crippen LogP contribution in [0.5, 0.6) is 0 Å². The largest absolute Gasteiger partial charge is 0.330 e. The van der Waals surface area contributed by atoms with Gasteiger partial charge in [-0.3, -0.25) is 4.98 Å². The standard InChI is InChI=1S/C13H16N2O2S/c14-6-2-8-18(16,17)10-11-4-5-13-12(9-11)3-1-7-15-13/h1,3-5,7,9H,2,6,8,10,14H2. The minimum Gasteiger partial charge on any atom is -0.330 e. The molecular formula is C13H16N2O2S. The van der Waals surface area contributed by atoms with Crippen molar-refractivity contribution in [2.75, 3.05) is 12.3 Å². The van der Waals surface area contributed by atoms with E-state index in [1.54, 1.807) is 6.20 Å². The summed E-state index contributed by atoms with van der Waals surface area (Å²) in [6.45, 7) is 0.404. The Kier molecular flexibility index (Phi) is 3.93. The third kappa shape index (κ3) is 3.27. The molecule has 96 valence electrons. The van der Waals surface area contributed by atoms with E-state index in [1.807, 2.05) is 30.3 Å². The van der Waals surface area contributed by atoms with E-state index >= 15 is 0 Å². The fraction of sp³-hybridized carbons (Fsp3) is 0.308. The summed E-state index contributed by atoms with van der Waals surface area (Å²) in [7, 11) is -3.07. The van der Waals surface area contributed by atoms with Gasteiger partial charge in [0.05, 0.1) is 17.0 Å². The van der Waals surface area contributed by atoms with Crippen molar-refractivity contribution in [2.24, 2.45) is 5.73 Å². The molecule has 0 unspecified atom stereocenters. The summed E-state index contributed by atoms with van der Waals surface area (Å²) in [5, 5.41) is 0.962. The van der Waals surface area contributed by atoms with Crippen molar-refractivity contribution < 1.29 is 8.42 Å². The summed E-state index contributed by atoms with van der Waals surface area (Å²) >= 11 is 0. The number of sulfone groups is 1. The Morgan fingerprint density at radius 1 is 1.22 bits per heavy atom. The summed E-state index contributed by atoms with van der Waals surface area (Å²) in [5.41, 5.74) is 7.00. The number of fused-ring (bicyclic) bond motifs is 1. The highest BCUT2D eigenvalue weighted by Gasteiger charge is 2.11. The lowest BCUT2D eigenvalue weighted by Gasteiger charge is -2.05.